The van der Waals surface area contributed by atoms with Crippen LogP contribution in [0.15, 0.2) is 18.2 Å². The topological polar surface area (TPSA) is 141 Å². The minimum Gasteiger partial charge on any atom is -0.726 e. The van der Waals surface area contributed by atoms with Gasteiger partial charge in [0.1, 0.15) is 11.3 Å². The van der Waals surface area contributed by atoms with Gasteiger partial charge in [0.15, 0.2) is 4.98 Å². The van der Waals surface area contributed by atoms with Crippen molar-refractivity contribution in [3.8, 4) is 5.75 Å². The maximum Gasteiger partial charge on any atom is 0.388 e. The van der Waals surface area contributed by atoms with E-state index in [0.717, 1.165) is 0 Å². The zero-order valence-electron chi connectivity index (χ0n) is 9.93. The van der Waals surface area contributed by atoms with Crippen molar-refractivity contribution < 1.29 is 31.8 Å². The summed E-state index contributed by atoms with van der Waals surface area (Å²) in [5, 5.41) is 8.50. The van der Waals surface area contributed by atoms with E-state index in [1.165, 1.54) is 32.4 Å². The van der Waals surface area contributed by atoms with Crippen LogP contribution in [0.5, 0.6) is 5.75 Å². The number of diazo groups is 1. The maximum absolute atomic E-state index is 11.2. The summed E-state index contributed by atoms with van der Waals surface area (Å²) in [4.78, 5) is 14.2. The van der Waals surface area contributed by atoms with Gasteiger partial charge in [-0.3, -0.25) is 4.55 Å². The van der Waals surface area contributed by atoms with Crippen molar-refractivity contribution in [1.82, 2.24) is 0 Å². The van der Waals surface area contributed by atoms with Gasteiger partial charge in [0, 0.05) is 6.07 Å². The third-order valence-electron chi connectivity index (χ3n) is 1.71. The quantitative estimate of drug-likeness (QED) is 0.367. The van der Waals surface area contributed by atoms with Gasteiger partial charge in [-0.05, 0) is 6.07 Å². The molecular weight excluding hydrogens is 280 g/mol. The van der Waals surface area contributed by atoms with Crippen LogP contribution in [0.1, 0.15) is 10.4 Å². The van der Waals surface area contributed by atoms with Crippen LogP contribution in [0.25, 0.3) is 4.98 Å². The Hall–Kier alpha value is -2.22. The number of esters is 1. The van der Waals surface area contributed by atoms with Crippen molar-refractivity contribution in [3.05, 3.63) is 28.7 Å². The number of methoxy groups -OCH3 is 2. The van der Waals surface area contributed by atoms with Crippen molar-refractivity contribution >= 4 is 22.1 Å². The molecule has 0 radical (unpaired) electrons. The van der Waals surface area contributed by atoms with E-state index in [-0.39, 0.29) is 0 Å². The fraction of sp³-hybridized carbons (Fsp3) is 0.222. The molecular formula is C9H10N2O7S. The molecule has 10 heteroatoms. The van der Waals surface area contributed by atoms with Crippen molar-refractivity contribution in [2.45, 2.75) is 0 Å². The summed E-state index contributed by atoms with van der Waals surface area (Å²) in [5.41, 5.74) is 0.608. The number of ether oxygens (including phenoxy) is 2. The normalized spacial score (nSPS) is 9.63. The highest BCUT2D eigenvalue weighted by molar-refractivity contribution is 7.79. The summed E-state index contributed by atoms with van der Waals surface area (Å²) in [6.07, 6.45) is 0. The molecule has 0 saturated heterocycles. The molecule has 1 aromatic rings. The average molecular weight is 290 g/mol. The number of hydrogen-bond donors (Lipinski definition) is 1. The lowest BCUT2D eigenvalue weighted by atomic mass is 10.2. The second-order valence-corrected chi connectivity index (χ2v) is 3.76. The van der Waals surface area contributed by atoms with Gasteiger partial charge in [0.05, 0.1) is 20.3 Å². The number of nitrogens with zero attached hydrogens (tertiary/aromatic N) is 2. The molecule has 0 aliphatic carbocycles. The molecule has 0 saturated carbocycles. The average Bonchev–Trinajstić information content (AvgIpc) is 2.35. The van der Waals surface area contributed by atoms with Crippen molar-refractivity contribution in [3.63, 3.8) is 0 Å². The summed E-state index contributed by atoms with van der Waals surface area (Å²) >= 11 is 0. The summed E-state index contributed by atoms with van der Waals surface area (Å²) in [6, 6.07) is 4.39. The Balaban J connectivity index is 0.000000555. The Bertz CT molecular complexity index is 583. The van der Waals surface area contributed by atoms with E-state index in [2.05, 4.69) is 9.71 Å². The first-order valence-electron chi connectivity index (χ1n) is 4.52. The molecule has 0 bridgehead atoms. The van der Waals surface area contributed by atoms with E-state index in [9.17, 15) is 4.79 Å². The first-order valence-corrected chi connectivity index (χ1v) is 5.89. The summed E-state index contributed by atoms with van der Waals surface area (Å²) < 4.78 is 42.3. The van der Waals surface area contributed by atoms with Crippen LogP contribution in [0, 0.1) is 5.39 Å². The Labute approximate surface area is 109 Å². The van der Waals surface area contributed by atoms with Gasteiger partial charge >= 0.3 is 11.7 Å². The van der Waals surface area contributed by atoms with Crippen LogP contribution in [0.4, 0.5) is 5.69 Å². The molecule has 0 aliphatic heterocycles. The molecule has 0 spiro atoms. The predicted molar refractivity (Wildman–Crippen MR) is 61.4 cm³/mol. The Morgan fingerprint density at radius 3 is 2.32 bits per heavy atom. The smallest absolute Gasteiger partial charge is 0.388 e. The molecule has 0 aliphatic rings. The van der Waals surface area contributed by atoms with Crippen LogP contribution in [0.3, 0.4) is 0 Å². The van der Waals surface area contributed by atoms with E-state index < -0.39 is 16.4 Å². The molecule has 0 aromatic heterocycles. The van der Waals surface area contributed by atoms with Gasteiger partial charge in [-0.2, -0.15) is 0 Å². The van der Waals surface area contributed by atoms with Crippen LogP contribution in [-0.2, 0) is 15.1 Å². The van der Waals surface area contributed by atoms with E-state index in [4.69, 9.17) is 27.7 Å². The van der Waals surface area contributed by atoms with E-state index >= 15 is 0 Å². The van der Waals surface area contributed by atoms with Gasteiger partial charge in [-0.1, -0.05) is 0 Å². The highest BCUT2D eigenvalue weighted by Gasteiger charge is 2.16. The summed E-state index contributed by atoms with van der Waals surface area (Å²) in [7, 11) is -2.21. The van der Waals surface area contributed by atoms with Gasteiger partial charge in [0.2, 0.25) is 15.8 Å². The van der Waals surface area contributed by atoms with Crippen LogP contribution >= 0.6 is 0 Å². The molecule has 0 fully saturated rings. The molecule has 0 amide bonds. The van der Waals surface area contributed by atoms with Gasteiger partial charge in [0.25, 0.3) is 0 Å². The second kappa shape index (κ2) is 7.27. The highest BCUT2D eigenvalue weighted by Crippen LogP contribution is 2.25. The third kappa shape index (κ3) is 6.94. The van der Waals surface area contributed by atoms with Crippen molar-refractivity contribution in [2.75, 3.05) is 14.2 Å². The Morgan fingerprint density at radius 1 is 1.42 bits per heavy atom. The minimum atomic E-state index is -4.92. The molecule has 19 heavy (non-hydrogen) atoms. The lowest BCUT2D eigenvalue weighted by Crippen LogP contribution is -2.03. The molecule has 0 atom stereocenters. The van der Waals surface area contributed by atoms with E-state index in [1.54, 1.807) is 0 Å². The standard InChI is InChI=1S/C9H9N2O3.H2O4S/c1-13-8-5-6(11-10)3-4-7(8)9(12)14-2;1-5(2,3)4/h3-5H,1-2H3;(H2,1,2,3,4)/q+1;/p-1. The molecule has 1 aromatic carbocycles. The Kier molecular flexibility index (Phi) is 6.42. The first-order chi connectivity index (χ1) is 8.72. The van der Waals surface area contributed by atoms with Gasteiger partial charge in [-0.25, -0.2) is 13.2 Å². The van der Waals surface area contributed by atoms with Crippen molar-refractivity contribution in [2.24, 2.45) is 0 Å². The maximum atomic E-state index is 11.2. The predicted octanol–water partition coefficient (Wildman–Crippen LogP) is 0.971. The first kappa shape index (κ1) is 16.8. The van der Waals surface area contributed by atoms with E-state index in [1.807, 2.05) is 0 Å². The van der Waals surface area contributed by atoms with Crippen molar-refractivity contribution in [1.29, 1.82) is 5.39 Å². The fourth-order valence-corrected chi connectivity index (χ4v) is 1.02. The molecule has 0 unspecified atom stereocenters. The molecule has 9 nitrogen and oxygen atoms in total. The fourth-order valence-electron chi connectivity index (χ4n) is 1.02. The zero-order chi connectivity index (χ0) is 15.1. The SMILES string of the molecule is COC(=O)c1ccc([N+]#N)cc1OC.O=S(=O)([O-])O. The van der Waals surface area contributed by atoms with Crippen LogP contribution in [-0.4, -0.2) is 37.7 Å². The third-order valence-corrected chi connectivity index (χ3v) is 1.71. The number of carbonyl (C=O) groups is 1. The lowest BCUT2D eigenvalue weighted by Gasteiger charge is -2.03. The number of rotatable bonds is 2. The molecule has 1 rings (SSSR count). The molecule has 0 heterocycles. The highest BCUT2D eigenvalue weighted by atomic mass is 32.3. The Morgan fingerprint density at radius 2 is 1.95 bits per heavy atom. The van der Waals surface area contributed by atoms with Crippen LogP contribution in [0.2, 0.25) is 0 Å². The second-order valence-electron chi connectivity index (χ2n) is 2.90. The van der Waals surface area contributed by atoms with Crippen LogP contribution < -0.4 is 4.74 Å². The van der Waals surface area contributed by atoms with E-state index in [0.29, 0.717) is 17.0 Å². The lowest BCUT2D eigenvalue weighted by molar-refractivity contribution is 0.0597. The zero-order valence-corrected chi connectivity index (χ0v) is 10.7. The largest absolute Gasteiger partial charge is 0.726 e. The number of benzene rings is 1. The van der Waals surface area contributed by atoms with Gasteiger partial charge < -0.3 is 14.0 Å². The van der Waals surface area contributed by atoms with Gasteiger partial charge in [-0.15, -0.1) is 0 Å². The summed E-state index contributed by atoms with van der Waals surface area (Å²) in [5.74, 6) is -0.182. The monoisotopic (exact) mass is 290 g/mol. The molecule has 104 valence electrons. The minimum absolute atomic E-state index is 0.294. The number of hydrogen-bond acceptors (Lipinski definition) is 7. The summed E-state index contributed by atoms with van der Waals surface area (Å²) in [6.45, 7) is 0. The molecule has 1 N–H and O–H groups in total. The number of carbonyl (C=O) groups excluding carboxylic acids is 1.